The van der Waals surface area contributed by atoms with Crippen LogP contribution in [0.2, 0.25) is 0 Å². The van der Waals surface area contributed by atoms with Crippen molar-refractivity contribution < 1.29 is 4.79 Å². The zero-order valence-electron chi connectivity index (χ0n) is 13.2. The Morgan fingerprint density at radius 2 is 1.68 bits per heavy atom. The zero-order chi connectivity index (χ0) is 14.7. The van der Waals surface area contributed by atoms with Gasteiger partial charge in [0.2, 0.25) is 5.91 Å². The molecule has 0 heterocycles. The van der Waals surface area contributed by atoms with Crippen LogP contribution in [0.15, 0.2) is 23.3 Å². The molecule has 1 amide bonds. The minimum Gasteiger partial charge on any atom is -0.369 e. The largest absolute Gasteiger partial charge is 0.369 e. The lowest BCUT2D eigenvalue weighted by Crippen LogP contribution is -2.20. The van der Waals surface area contributed by atoms with E-state index in [0.29, 0.717) is 0 Å². The number of amides is 1. The van der Waals surface area contributed by atoms with Gasteiger partial charge in [-0.15, -0.1) is 0 Å². The van der Waals surface area contributed by atoms with Crippen molar-refractivity contribution in [3.63, 3.8) is 0 Å². The molecule has 0 spiro atoms. The molecule has 0 rings (SSSR count). The number of hydrogen-bond donors (Lipinski definition) is 1. The van der Waals surface area contributed by atoms with Gasteiger partial charge < -0.3 is 5.73 Å². The zero-order valence-corrected chi connectivity index (χ0v) is 13.2. The van der Waals surface area contributed by atoms with Crippen LogP contribution in [0.4, 0.5) is 0 Å². The van der Waals surface area contributed by atoms with Crippen LogP contribution in [0.1, 0.15) is 72.6 Å². The van der Waals surface area contributed by atoms with Crippen LogP contribution in [0.3, 0.4) is 0 Å². The maximum Gasteiger partial charge on any atom is 0.220 e. The summed E-state index contributed by atoms with van der Waals surface area (Å²) in [6, 6.07) is 0. The Morgan fingerprint density at radius 1 is 1.11 bits per heavy atom. The summed E-state index contributed by atoms with van der Waals surface area (Å²) in [7, 11) is 0. The second kappa shape index (κ2) is 10.8. The summed E-state index contributed by atoms with van der Waals surface area (Å²) in [6.07, 6.45) is 12.4. The Hall–Kier alpha value is -1.05. The average Bonchev–Trinajstić information content (AvgIpc) is 2.36. The molecule has 110 valence electrons. The first kappa shape index (κ1) is 17.9. The van der Waals surface area contributed by atoms with Crippen LogP contribution in [0, 0.1) is 5.92 Å². The molecule has 1 atom stereocenters. The highest BCUT2D eigenvalue weighted by atomic mass is 16.1. The molecule has 0 aromatic heterocycles. The van der Waals surface area contributed by atoms with Crippen molar-refractivity contribution in [2.45, 2.75) is 72.6 Å². The highest BCUT2D eigenvalue weighted by Crippen LogP contribution is 2.14. The van der Waals surface area contributed by atoms with E-state index in [4.69, 9.17) is 5.73 Å². The number of carbonyl (C=O) groups excluding carboxylic acids is 1. The molecule has 2 N–H and O–H groups in total. The molecule has 19 heavy (non-hydrogen) atoms. The Bertz CT molecular complexity index is 315. The SMILES string of the molecule is CCC/C=C(\C)CC/C=C(\C)CCCC(C)C(N)=O. The summed E-state index contributed by atoms with van der Waals surface area (Å²) in [6.45, 7) is 8.51. The minimum atomic E-state index is -0.182. The van der Waals surface area contributed by atoms with Crippen molar-refractivity contribution in [3.05, 3.63) is 23.3 Å². The van der Waals surface area contributed by atoms with Gasteiger partial charge in [0.05, 0.1) is 0 Å². The first-order chi connectivity index (χ1) is 8.97. The first-order valence-corrected chi connectivity index (χ1v) is 7.58. The van der Waals surface area contributed by atoms with E-state index in [1.807, 2.05) is 6.92 Å². The minimum absolute atomic E-state index is 0.00650. The fourth-order valence-electron chi connectivity index (χ4n) is 1.97. The van der Waals surface area contributed by atoms with Gasteiger partial charge in [0.15, 0.2) is 0 Å². The van der Waals surface area contributed by atoms with Gasteiger partial charge in [-0.1, -0.05) is 43.6 Å². The fraction of sp³-hybridized carbons (Fsp3) is 0.706. The number of nitrogens with two attached hydrogens (primary N) is 1. The van der Waals surface area contributed by atoms with Gasteiger partial charge in [-0.2, -0.15) is 0 Å². The van der Waals surface area contributed by atoms with Crippen molar-refractivity contribution in [3.8, 4) is 0 Å². The second-order valence-electron chi connectivity index (χ2n) is 5.62. The van der Waals surface area contributed by atoms with Gasteiger partial charge in [0.1, 0.15) is 0 Å². The van der Waals surface area contributed by atoms with Gasteiger partial charge in [-0.05, 0) is 52.4 Å². The molecule has 0 aromatic carbocycles. The van der Waals surface area contributed by atoms with Crippen LogP contribution in [0.25, 0.3) is 0 Å². The molecule has 0 radical (unpaired) electrons. The van der Waals surface area contributed by atoms with E-state index in [9.17, 15) is 4.79 Å². The van der Waals surface area contributed by atoms with E-state index in [1.54, 1.807) is 0 Å². The van der Waals surface area contributed by atoms with E-state index in [1.165, 1.54) is 24.0 Å². The van der Waals surface area contributed by atoms with E-state index in [-0.39, 0.29) is 11.8 Å². The fourth-order valence-corrected chi connectivity index (χ4v) is 1.97. The number of allylic oxidation sites excluding steroid dienone is 4. The van der Waals surface area contributed by atoms with Gasteiger partial charge in [-0.25, -0.2) is 0 Å². The van der Waals surface area contributed by atoms with Gasteiger partial charge in [-0.3, -0.25) is 4.79 Å². The van der Waals surface area contributed by atoms with Crippen LogP contribution in [-0.2, 0) is 4.79 Å². The normalized spacial score (nSPS) is 14.5. The van der Waals surface area contributed by atoms with Crippen LogP contribution >= 0.6 is 0 Å². The summed E-state index contributed by atoms with van der Waals surface area (Å²) in [4.78, 5) is 10.9. The topological polar surface area (TPSA) is 43.1 Å². The van der Waals surface area contributed by atoms with Crippen molar-refractivity contribution in [1.82, 2.24) is 0 Å². The van der Waals surface area contributed by atoms with Crippen LogP contribution in [0.5, 0.6) is 0 Å². The van der Waals surface area contributed by atoms with E-state index in [0.717, 1.165) is 32.1 Å². The summed E-state index contributed by atoms with van der Waals surface area (Å²) < 4.78 is 0. The highest BCUT2D eigenvalue weighted by molar-refractivity contribution is 5.76. The third-order valence-electron chi connectivity index (χ3n) is 3.51. The number of hydrogen-bond acceptors (Lipinski definition) is 1. The maximum atomic E-state index is 10.9. The molecular formula is C17H31NO. The Kier molecular flexibility index (Phi) is 10.2. The molecule has 0 saturated carbocycles. The summed E-state index contributed by atoms with van der Waals surface area (Å²) >= 11 is 0. The first-order valence-electron chi connectivity index (χ1n) is 7.58. The smallest absolute Gasteiger partial charge is 0.220 e. The van der Waals surface area contributed by atoms with Crippen molar-refractivity contribution >= 4 is 5.91 Å². The quantitative estimate of drug-likeness (QED) is 0.569. The average molecular weight is 265 g/mol. The molecule has 0 aliphatic carbocycles. The van der Waals surface area contributed by atoms with E-state index in [2.05, 4.69) is 32.9 Å². The lowest BCUT2D eigenvalue weighted by Gasteiger charge is -2.07. The predicted molar refractivity (Wildman–Crippen MR) is 83.9 cm³/mol. The highest BCUT2D eigenvalue weighted by Gasteiger charge is 2.07. The van der Waals surface area contributed by atoms with Gasteiger partial charge in [0.25, 0.3) is 0 Å². The molecule has 0 saturated heterocycles. The summed E-state index contributed by atoms with van der Waals surface area (Å²) in [5, 5.41) is 0. The molecule has 0 fully saturated rings. The molecular weight excluding hydrogens is 234 g/mol. The van der Waals surface area contributed by atoms with Crippen molar-refractivity contribution in [2.24, 2.45) is 11.7 Å². The molecule has 0 bridgehead atoms. The van der Waals surface area contributed by atoms with Crippen LogP contribution < -0.4 is 5.73 Å². The lowest BCUT2D eigenvalue weighted by molar-refractivity contribution is -0.121. The second-order valence-corrected chi connectivity index (χ2v) is 5.62. The molecule has 1 unspecified atom stereocenters. The lowest BCUT2D eigenvalue weighted by atomic mass is 10.0. The van der Waals surface area contributed by atoms with Crippen LogP contribution in [-0.4, -0.2) is 5.91 Å². The monoisotopic (exact) mass is 265 g/mol. The van der Waals surface area contributed by atoms with Crippen molar-refractivity contribution in [2.75, 3.05) is 0 Å². The van der Waals surface area contributed by atoms with Gasteiger partial charge in [0, 0.05) is 5.92 Å². The molecule has 0 aromatic rings. The van der Waals surface area contributed by atoms with Gasteiger partial charge >= 0.3 is 0 Å². The number of carbonyl (C=O) groups is 1. The Morgan fingerprint density at radius 3 is 2.26 bits per heavy atom. The van der Waals surface area contributed by atoms with E-state index < -0.39 is 0 Å². The third-order valence-corrected chi connectivity index (χ3v) is 3.51. The predicted octanol–water partition coefficient (Wildman–Crippen LogP) is 4.75. The Balaban J connectivity index is 3.80. The standard InChI is InChI=1S/C17H31NO/c1-5-6-9-14(2)10-7-11-15(3)12-8-13-16(4)17(18)19/h9,11,16H,5-8,10,12-13H2,1-4H3,(H2,18,19)/b14-9+,15-11+. The third kappa shape index (κ3) is 10.5. The summed E-state index contributed by atoms with van der Waals surface area (Å²) in [5.74, 6) is -0.176. The molecule has 0 aliphatic heterocycles. The Labute approximate surface area is 119 Å². The number of rotatable bonds is 10. The number of primary amides is 1. The number of unbranched alkanes of at least 4 members (excludes halogenated alkanes) is 1. The maximum absolute atomic E-state index is 10.9. The van der Waals surface area contributed by atoms with Crippen molar-refractivity contribution in [1.29, 1.82) is 0 Å². The van der Waals surface area contributed by atoms with E-state index >= 15 is 0 Å². The molecule has 2 nitrogen and oxygen atoms in total. The summed E-state index contributed by atoms with van der Waals surface area (Å²) in [5.41, 5.74) is 8.17. The molecule has 2 heteroatoms. The molecule has 0 aliphatic rings.